The lowest BCUT2D eigenvalue weighted by Crippen LogP contribution is -2.47. The Hall–Kier alpha value is 0.643. The summed E-state index contributed by atoms with van der Waals surface area (Å²) >= 11 is 0. The Kier molecular flexibility index (Phi) is 31.8. The van der Waals surface area contributed by atoms with Gasteiger partial charge in [0.1, 0.15) is 13.2 Å². The van der Waals surface area contributed by atoms with E-state index in [1.54, 1.807) is 45.3 Å². The molecule has 12 atom stereocenters. The number of carbonyl (C=O) groups excluding carboxylic acids is 2. The molecule has 0 N–H and O–H groups in total. The molecule has 2 saturated carbocycles. The predicted octanol–water partition coefficient (Wildman–Crippen LogP) is 11.2. The van der Waals surface area contributed by atoms with Crippen molar-refractivity contribution in [1.82, 2.24) is 0 Å². The van der Waals surface area contributed by atoms with E-state index in [9.17, 15) is 9.59 Å². The van der Waals surface area contributed by atoms with Crippen molar-refractivity contribution in [2.45, 2.75) is 202 Å². The normalized spacial score (nSPS) is 40.6. The van der Waals surface area contributed by atoms with Gasteiger partial charge in [0, 0.05) is 91.9 Å². The van der Waals surface area contributed by atoms with Crippen molar-refractivity contribution in [3.05, 3.63) is 37.0 Å². The monoisotopic (exact) mass is 1180 g/mol. The maximum Gasteiger partial charge on any atom is 0.330 e. The largest absolute Gasteiger partial charge is 0.463 e. The Morgan fingerprint density at radius 3 is 1.17 bits per heavy atom. The molecule has 3 saturated heterocycles. The fourth-order valence-electron chi connectivity index (χ4n) is 15.4. The second-order valence-corrected chi connectivity index (χ2v) is 76.0. The van der Waals surface area contributed by atoms with Crippen LogP contribution in [0.3, 0.4) is 0 Å². The minimum atomic E-state index is -1.55. The Morgan fingerprint density at radius 2 is 0.843 bits per heavy atom. The zero-order valence-electron chi connectivity index (χ0n) is 44.5. The lowest BCUT2D eigenvalue weighted by molar-refractivity contribution is -0.150. The number of fused-ring (bicyclic) bond motifs is 4. The van der Waals surface area contributed by atoms with Crippen LogP contribution in [0.5, 0.6) is 0 Å². The molecule has 19 heteroatoms. The Morgan fingerprint density at radius 1 is 0.486 bits per heavy atom. The summed E-state index contributed by atoms with van der Waals surface area (Å²) < 4.78 is 30.2. The number of hydrogen-bond donors (Lipinski definition) is 0. The van der Waals surface area contributed by atoms with Crippen LogP contribution < -0.4 is 0 Å². The Balaban J connectivity index is 0.000000514. The molecule has 4 aliphatic carbocycles. The number of hydrogen-bond acceptors (Lipinski definition) is 7. The molecule has 0 aromatic carbocycles. The van der Waals surface area contributed by atoms with Crippen molar-refractivity contribution in [2.75, 3.05) is 33.0 Å². The van der Waals surface area contributed by atoms with Gasteiger partial charge in [-0.1, -0.05) is 154 Å². The third-order valence-corrected chi connectivity index (χ3v) is 95.6. The van der Waals surface area contributed by atoms with Gasteiger partial charge in [-0.3, -0.25) is 4.79 Å². The van der Waals surface area contributed by atoms with E-state index >= 15 is 0 Å². The van der Waals surface area contributed by atoms with E-state index in [2.05, 4.69) is 109 Å². The molecule has 4 bridgehead atoms. The second-order valence-electron chi connectivity index (χ2n) is 25.4. The van der Waals surface area contributed by atoms with Crippen LogP contribution in [-0.2, 0) is 32.3 Å². The van der Waals surface area contributed by atoms with Crippen molar-refractivity contribution < 1.29 is 32.3 Å². The lowest BCUT2D eigenvalue weighted by atomic mass is 9.94. The first-order valence-corrected chi connectivity index (χ1v) is 60.9. The number of allylic oxidation sites excluding steroid dienone is 4. The van der Waals surface area contributed by atoms with Crippen LogP contribution in [0.1, 0.15) is 55.4 Å². The summed E-state index contributed by atoms with van der Waals surface area (Å²) in [7, 11) is -8.68. The molecule has 7 aliphatic rings. The van der Waals surface area contributed by atoms with Crippen LogP contribution in [0.15, 0.2) is 37.0 Å². The van der Waals surface area contributed by atoms with Crippen molar-refractivity contribution in [2.24, 2.45) is 35.5 Å². The highest BCUT2D eigenvalue weighted by Gasteiger charge is 2.43. The molecular weight excluding hydrogens is 1060 g/mol. The summed E-state index contributed by atoms with van der Waals surface area (Å²) in [6.45, 7) is 37.4. The number of ether oxygens (including phenoxy) is 2. The van der Waals surface area contributed by atoms with Gasteiger partial charge in [0.25, 0.3) is 0 Å². The number of esters is 2. The quantitative estimate of drug-likeness (QED) is 0.0598. The summed E-state index contributed by atoms with van der Waals surface area (Å²) in [5, 5.41) is 0. The molecule has 0 aromatic rings. The van der Waals surface area contributed by atoms with E-state index in [4.69, 9.17) is 22.8 Å². The van der Waals surface area contributed by atoms with Crippen LogP contribution in [0.4, 0.5) is 0 Å². The third kappa shape index (κ3) is 23.1. The fraction of sp³-hybridized carbons (Fsp3) is 0.843. The molecule has 7 nitrogen and oxygen atoms in total. The first-order chi connectivity index (χ1) is 31.1. The van der Waals surface area contributed by atoms with Crippen LogP contribution >= 0.6 is 0 Å². The van der Waals surface area contributed by atoms with Gasteiger partial charge in [-0.05, 0) is 109 Å². The van der Waals surface area contributed by atoms with Gasteiger partial charge in [-0.15, -0.1) is 0 Å². The van der Waals surface area contributed by atoms with E-state index in [0.29, 0.717) is 38.3 Å². The van der Waals surface area contributed by atoms with Gasteiger partial charge < -0.3 is 22.8 Å². The van der Waals surface area contributed by atoms with E-state index in [1.807, 2.05) is 0 Å². The highest BCUT2D eigenvalue weighted by molar-refractivity contribution is 7.00. The molecule has 7 rings (SSSR count). The lowest BCUT2D eigenvalue weighted by Gasteiger charge is -2.37. The number of rotatable bonds is 13. The summed E-state index contributed by atoms with van der Waals surface area (Å²) in [6, 6.07) is 0. The Labute approximate surface area is 452 Å². The SMILES string of the molecule is C.C.C.C.C=CC(=O)OCCO[Si]1(C)C[SiH](C)C[SiH](C)C[SiH](C)C1.C[SiH]1C[SiH](C)C[Si](C)(OCC2CC3C=CC2C3)C[SiH](C)C1.C[SiH]1C[SiH](C)C[Si](C)(OCCOC(=O)C2CC3C=CC2C3)C[SiH](C)C1. The maximum absolute atomic E-state index is 12.3. The van der Waals surface area contributed by atoms with Crippen LogP contribution in [0.25, 0.3) is 0 Å². The zero-order chi connectivity index (χ0) is 48.2. The average Bonchev–Trinajstić information content (AvgIpc) is 4.03. The molecular formula is C51H116O7Si12. The first-order valence-electron chi connectivity index (χ1n) is 27.4. The van der Waals surface area contributed by atoms with Crippen molar-refractivity contribution in [3.63, 3.8) is 0 Å². The molecule has 3 aliphatic heterocycles. The molecule has 0 amide bonds. The predicted molar refractivity (Wildman–Crippen MR) is 344 cm³/mol. The Bertz CT molecular complexity index is 1570. The minimum absolute atomic E-state index is 0. The van der Waals surface area contributed by atoms with Gasteiger partial charge in [0.2, 0.25) is 0 Å². The summed E-state index contributed by atoms with van der Waals surface area (Å²) in [6.07, 6.45) is 15.7. The van der Waals surface area contributed by atoms with Crippen LogP contribution in [0.2, 0.25) is 147 Å². The van der Waals surface area contributed by atoms with Gasteiger partial charge in [0.05, 0.1) is 19.1 Å². The van der Waals surface area contributed by atoms with Crippen LogP contribution in [0, 0.1) is 35.5 Å². The van der Waals surface area contributed by atoms with E-state index in [0.717, 1.165) is 37.2 Å². The standard InChI is InChI=1S/C18H36O3Si4.C16H34OSi4.C13H30O3Si4.4CH4/c1-22-11-23(2)13-25(4,14-24(3)12-22)21-8-7-20-18(19)17-10-15-5-6-16(17)9-15;1-18-10-19(2)12-21(4,13-20(3)11-18)17-9-16-8-14-5-6-15(16)7-14;1-6-13(14)15-7-8-16-20(5)11-18(3)9-17(2)10-19(4)12-20;;;;/h5-6,15-17,22-24H,7-14H2,1-4H3;5-6,14-16,18-20H,7-13H2,1-4H3;6,17-19H,1,7-12H2,2-5H3;4*1H4. The van der Waals surface area contributed by atoms with E-state index in [1.165, 1.54) is 41.6 Å². The zero-order valence-corrected chi connectivity index (χ0v) is 57.9. The molecule has 410 valence electrons. The molecule has 0 spiro atoms. The van der Waals surface area contributed by atoms with Crippen molar-refractivity contribution >= 4 is 116 Å². The molecule has 70 heavy (non-hydrogen) atoms. The summed E-state index contributed by atoms with van der Waals surface area (Å²) in [5.41, 5.74) is 18.9. The van der Waals surface area contributed by atoms with Gasteiger partial charge in [-0.2, -0.15) is 0 Å². The number of carbonyl (C=O) groups is 2. The molecule has 0 radical (unpaired) electrons. The molecule has 12 unspecified atom stereocenters. The van der Waals surface area contributed by atoms with Crippen molar-refractivity contribution in [3.8, 4) is 0 Å². The van der Waals surface area contributed by atoms with Gasteiger partial charge in [0.15, 0.2) is 25.0 Å². The fourth-order valence-corrected chi connectivity index (χ4v) is 115. The summed E-state index contributed by atoms with van der Waals surface area (Å²) in [4.78, 5) is 23.3. The first kappa shape index (κ1) is 68.7. The molecule has 5 fully saturated rings. The third-order valence-electron chi connectivity index (χ3n) is 16.9. The molecule has 0 aromatic heterocycles. The molecule has 3 heterocycles. The average molecular weight is 1180 g/mol. The van der Waals surface area contributed by atoms with Crippen LogP contribution in [-0.4, -0.2) is 149 Å². The maximum atomic E-state index is 12.3. The second kappa shape index (κ2) is 32.4. The minimum Gasteiger partial charge on any atom is -0.463 e. The smallest absolute Gasteiger partial charge is 0.330 e. The highest BCUT2D eigenvalue weighted by Crippen LogP contribution is 2.45. The summed E-state index contributed by atoms with van der Waals surface area (Å²) in [5.74, 6) is 3.53. The highest BCUT2D eigenvalue weighted by atomic mass is 28.4. The topological polar surface area (TPSA) is 80.3 Å². The van der Waals surface area contributed by atoms with E-state index < -0.39 is 86.5 Å². The van der Waals surface area contributed by atoms with Gasteiger partial charge in [-0.25, -0.2) is 4.79 Å². The van der Waals surface area contributed by atoms with Crippen molar-refractivity contribution in [1.29, 1.82) is 0 Å². The van der Waals surface area contributed by atoms with E-state index in [-0.39, 0.29) is 65.2 Å². The van der Waals surface area contributed by atoms with Gasteiger partial charge >= 0.3 is 11.9 Å².